The van der Waals surface area contributed by atoms with Gasteiger partial charge < -0.3 is 5.73 Å². The van der Waals surface area contributed by atoms with E-state index in [2.05, 4.69) is 31.2 Å². The Balaban J connectivity index is 0.000000845. The summed E-state index contributed by atoms with van der Waals surface area (Å²) in [5.74, 6) is 0. The average Bonchev–Trinajstić information content (AvgIpc) is 2.43. The van der Waals surface area contributed by atoms with E-state index in [0.717, 1.165) is 0 Å². The van der Waals surface area contributed by atoms with Gasteiger partial charge in [-0.3, -0.25) is 0 Å². The molecule has 0 aliphatic rings. The van der Waals surface area contributed by atoms with Crippen molar-refractivity contribution < 1.29 is 0 Å². The predicted octanol–water partition coefficient (Wildman–Crippen LogP) is 3.09. The van der Waals surface area contributed by atoms with Crippen molar-refractivity contribution in [3.8, 4) is 0 Å². The number of thiophene rings is 1. The third-order valence-electron chi connectivity index (χ3n) is 1.94. The summed E-state index contributed by atoms with van der Waals surface area (Å²) in [6.45, 7) is 2.76. The molecule has 1 nitrogen and oxygen atoms in total. The van der Waals surface area contributed by atoms with Crippen molar-refractivity contribution >= 4 is 33.8 Å². The van der Waals surface area contributed by atoms with Gasteiger partial charge in [-0.15, -0.1) is 23.7 Å². The van der Waals surface area contributed by atoms with Gasteiger partial charge >= 0.3 is 0 Å². The van der Waals surface area contributed by atoms with E-state index in [1.54, 1.807) is 0 Å². The van der Waals surface area contributed by atoms with E-state index in [-0.39, 0.29) is 12.4 Å². The molecule has 0 radical (unpaired) electrons. The highest BCUT2D eigenvalue weighted by Crippen LogP contribution is 2.25. The van der Waals surface area contributed by atoms with E-state index in [9.17, 15) is 0 Å². The smallest absolute Gasteiger partial charge is 0.0348 e. The van der Waals surface area contributed by atoms with Crippen LogP contribution in [0.5, 0.6) is 0 Å². The minimum atomic E-state index is 0. The van der Waals surface area contributed by atoms with E-state index in [4.69, 9.17) is 5.73 Å². The monoisotopic (exact) mass is 213 g/mol. The predicted molar refractivity (Wildman–Crippen MR) is 61.7 cm³/mol. The fraction of sp³-hybridized carbons (Fsp3) is 0.200. The number of benzene rings is 1. The maximum absolute atomic E-state index is 5.55. The first kappa shape index (κ1) is 10.5. The molecule has 2 rings (SSSR count). The summed E-state index contributed by atoms with van der Waals surface area (Å²) in [5.41, 5.74) is 6.76. The Hall–Kier alpha value is -0.570. The van der Waals surface area contributed by atoms with Crippen molar-refractivity contribution in [2.75, 3.05) is 0 Å². The van der Waals surface area contributed by atoms with Gasteiger partial charge in [0.15, 0.2) is 0 Å². The molecule has 3 heteroatoms. The lowest BCUT2D eigenvalue weighted by molar-refractivity contribution is 1.08. The molecule has 0 saturated carbocycles. The van der Waals surface area contributed by atoms with Gasteiger partial charge in [0, 0.05) is 16.1 Å². The second-order valence-corrected chi connectivity index (χ2v) is 4.22. The van der Waals surface area contributed by atoms with Crippen molar-refractivity contribution in [2.45, 2.75) is 13.5 Å². The molecule has 1 heterocycles. The summed E-state index contributed by atoms with van der Waals surface area (Å²) in [7, 11) is 0. The highest BCUT2D eigenvalue weighted by molar-refractivity contribution is 7.19. The van der Waals surface area contributed by atoms with Gasteiger partial charge in [0.25, 0.3) is 0 Å². The van der Waals surface area contributed by atoms with Crippen molar-refractivity contribution in [1.82, 2.24) is 0 Å². The number of halogens is 1. The van der Waals surface area contributed by atoms with Crippen LogP contribution in [-0.4, -0.2) is 0 Å². The number of nitrogens with two attached hydrogens (primary N) is 1. The third kappa shape index (κ3) is 2.02. The Bertz CT molecular complexity index is 408. The molecule has 2 aromatic rings. The molecule has 70 valence electrons. The molecule has 1 aromatic heterocycles. The SMILES string of the molecule is Cc1cc2ccc(CN)cc2s1.Cl. The molecule has 2 N–H and O–H groups in total. The molecule has 0 unspecified atom stereocenters. The second-order valence-electron chi connectivity index (χ2n) is 2.93. The topological polar surface area (TPSA) is 26.0 Å². The number of fused-ring (bicyclic) bond motifs is 1. The first-order valence-corrected chi connectivity index (χ1v) is 4.80. The molecule has 0 aliphatic heterocycles. The number of hydrogen-bond donors (Lipinski definition) is 1. The molecule has 13 heavy (non-hydrogen) atoms. The lowest BCUT2D eigenvalue weighted by atomic mass is 10.2. The van der Waals surface area contributed by atoms with Crippen LogP contribution in [0.4, 0.5) is 0 Å². The van der Waals surface area contributed by atoms with E-state index in [0.29, 0.717) is 6.54 Å². The highest BCUT2D eigenvalue weighted by atomic mass is 35.5. The van der Waals surface area contributed by atoms with Crippen molar-refractivity contribution in [2.24, 2.45) is 5.73 Å². The van der Waals surface area contributed by atoms with E-state index >= 15 is 0 Å². The van der Waals surface area contributed by atoms with Crippen LogP contribution in [0.2, 0.25) is 0 Å². The fourth-order valence-corrected chi connectivity index (χ4v) is 2.32. The number of rotatable bonds is 1. The molecule has 0 spiro atoms. The van der Waals surface area contributed by atoms with Crippen LogP contribution in [0, 0.1) is 6.92 Å². The zero-order chi connectivity index (χ0) is 8.55. The van der Waals surface area contributed by atoms with Crippen LogP contribution in [-0.2, 0) is 6.54 Å². The van der Waals surface area contributed by atoms with Gasteiger partial charge in [0.1, 0.15) is 0 Å². The third-order valence-corrected chi connectivity index (χ3v) is 2.96. The zero-order valence-electron chi connectivity index (χ0n) is 7.41. The van der Waals surface area contributed by atoms with Crippen LogP contribution in [0.15, 0.2) is 24.3 Å². The molecular formula is C10H12ClNS. The summed E-state index contributed by atoms with van der Waals surface area (Å²) in [4.78, 5) is 1.36. The highest BCUT2D eigenvalue weighted by Gasteiger charge is 1.98. The summed E-state index contributed by atoms with van der Waals surface area (Å²) in [6.07, 6.45) is 0. The second kappa shape index (κ2) is 4.09. The van der Waals surface area contributed by atoms with Crippen LogP contribution in [0.3, 0.4) is 0 Å². The molecule has 0 saturated heterocycles. The van der Waals surface area contributed by atoms with Crippen molar-refractivity contribution in [1.29, 1.82) is 0 Å². The van der Waals surface area contributed by atoms with Crippen LogP contribution >= 0.6 is 23.7 Å². The Morgan fingerprint density at radius 3 is 2.77 bits per heavy atom. The number of hydrogen-bond acceptors (Lipinski definition) is 2. The number of aryl methyl sites for hydroxylation is 1. The first-order valence-electron chi connectivity index (χ1n) is 3.99. The van der Waals surface area contributed by atoms with E-state index < -0.39 is 0 Å². The average molecular weight is 214 g/mol. The van der Waals surface area contributed by atoms with Gasteiger partial charge in [-0.25, -0.2) is 0 Å². The molecule has 0 amide bonds. The van der Waals surface area contributed by atoms with E-state index in [1.165, 1.54) is 20.5 Å². The summed E-state index contributed by atoms with van der Waals surface area (Å²) in [5, 5.41) is 1.33. The Morgan fingerprint density at radius 2 is 2.08 bits per heavy atom. The summed E-state index contributed by atoms with van der Waals surface area (Å²) < 4.78 is 1.34. The molecule has 1 aromatic carbocycles. The lowest BCUT2D eigenvalue weighted by Crippen LogP contribution is -1.94. The minimum Gasteiger partial charge on any atom is -0.326 e. The van der Waals surface area contributed by atoms with Crippen LogP contribution in [0.1, 0.15) is 10.4 Å². The Kier molecular flexibility index (Phi) is 3.31. The van der Waals surface area contributed by atoms with E-state index in [1.807, 2.05) is 11.3 Å². The maximum atomic E-state index is 5.55. The molecule has 0 aliphatic carbocycles. The van der Waals surface area contributed by atoms with Gasteiger partial charge in [0.05, 0.1) is 0 Å². The molecular weight excluding hydrogens is 202 g/mol. The Labute approximate surface area is 88.0 Å². The van der Waals surface area contributed by atoms with Gasteiger partial charge in [0.2, 0.25) is 0 Å². The minimum absolute atomic E-state index is 0. The normalized spacial score (nSPS) is 10.0. The van der Waals surface area contributed by atoms with Gasteiger partial charge in [-0.05, 0) is 30.0 Å². The van der Waals surface area contributed by atoms with Gasteiger partial charge in [-0.1, -0.05) is 12.1 Å². The van der Waals surface area contributed by atoms with Crippen molar-refractivity contribution in [3.05, 3.63) is 34.7 Å². The summed E-state index contributed by atoms with van der Waals surface area (Å²) >= 11 is 1.83. The summed E-state index contributed by atoms with van der Waals surface area (Å²) in [6, 6.07) is 8.61. The molecule has 0 fully saturated rings. The zero-order valence-corrected chi connectivity index (χ0v) is 9.04. The van der Waals surface area contributed by atoms with Crippen LogP contribution in [0.25, 0.3) is 10.1 Å². The molecule has 0 atom stereocenters. The quantitative estimate of drug-likeness (QED) is 0.774. The first-order chi connectivity index (χ1) is 5.79. The Morgan fingerprint density at radius 1 is 1.31 bits per heavy atom. The fourth-order valence-electron chi connectivity index (χ4n) is 1.34. The van der Waals surface area contributed by atoms with Gasteiger partial charge in [-0.2, -0.15) is 0 Å². The molecule has 0 bridgehead atoms. The van der Waals surface area contributed by atoms with Crippen molar-refractivity contribution in [3.63, 3.8) is 0 Å². The maximum Gasteiger partial charge on any atom is 0.0348 e. The largest absolute Gasteiger partial charge is 0.326 e. The van der Waals surface area contributed by atoms with Crippen LogP contribution < -0.4 is 5.73 Å². The standard InChI is InChI=1S/C10H11NS.ClH/c1-7-4-9-3-2-8(6-11)5-10(9)12-7;/h2-5H,6,11H2,1H3;1H. The lowest BCUT2D eigenvalue weighted by Gasteiger charge is -1.94.